The molecule has 1 aromatic rings. The molecule has 1 rings (SSSR count). The fourth-order valence-corrected chi connectivity index (χ4v) is 1.12. The molecular weight excluding hydrogens is 209 g/mol. The van der Waals surface area contributed by atoms with Crippen molar-refractivity contribution in [3.05, 3.63) is 23.0 Å². The summed E-state index contributed by atoms with van der Waals surface area (Å²) >= 11 is 0. The highest BCUT2D eigenvalue weighted by atomic mass is 19.4. The Morgan fingerprint density at radius 1 is 1.40 bits per heavy atom. The Kier molecular flexibility index (Phi) is 3.18. The van der Waals surface area contributed by atoms with Gasteiger partial charge in [0.1, 0.15) is 0 Å². The number of halogens is 3. The van der Waals surface area contributed by atoms with Gasteiger partial charge in [0.25, 0.3) is 0 Å². The van der Waals surface area contributed by atoms with Gasteiger partial charge in [-0.2, -0.15) is 0 Å². The summed E-state index contributed by atoms with van der Waals surface area (Å²) in [6.45, 7) is 3.11. The predicted octanol–water partition coefficient (Wildman–Crippen LogP) is 2.06. The normalized spacial score (nSPS) is 11.6. The predicted molar refractivity (Wildman–Crippen MR) is 48.3 cm³/mol. The molecule has 0 unspecified atom stereocenters. The average Bonchev–Trinajstić information content (AvgIpc) is 2.11. The summed E-state index contributed by atoms with van der Waals surface area (Å²) in [6, 6.07) is 0. The van der Waals surface area contributed by atoms with Gasteiger partial charge in [-0.3, -0.25) is 4.98 Å². The molecule has 0 saturated carbocycles. The van der Waals surface area contributed by atoms with Crippen molar-refractivity contribution in [2.24, 2.45) is 5.73 Å². The molecule has 0 atom stereocenters. The van der Waals surface area contributed by atoms with Gasteiger partial charge >= 0.3 is 6.36 Å². The molecule has 2 N–H and O–H groups in total. The van der Waals surface area contributed by atoms with Crippen molar-refractivity contribution in [1.29, 1.82) is 0 Å². The van der Waals surface area contributed by atoms with Gasteiger partial charge in [0.2, 0.25) is 0 Å². The minimum atomic E-state index is -4.72. The van der Waals surface area contributed by atoms with E-state index < -0.39 is 6.36 Å². The van der Waals surface area contributed by atoms with E-state index in [1.54, 1.807) is 6.92 Å². The third-order valence-corrected chi connectivity index (χ3v) is 2.02. The van der Waals surface area contributed by atoms with Gasteiger partial charge in [0.15, 0.2) is 5.75 Å². The molecule has 1 aromatic heterocycles. The van der Waals surface area contributed by atoms with Crippen molar-refractivity contribution >= 4 is 0 Å². The summed E-state index contributed by atoms with van der Waals surface area (Å²) in [7, 11) is 0. The second kappa shape index (κ2) is 4.06. The molecule has 84 valence electrons. The molecule has 0 bridgehead atoms. The molecule has 0 radical (unpaired) electrons. The number of aromatic nitrogens is 1. The highest BCUT2D eigenvalue weighted by molar-refractivity contribution is 5.40. The van der Waals surface area contributed by atoms with E-state index in [9.17, 15) is 13.2 Å². The number of alkyl halides is 3. The number of nitrogens with zero attached hydrogens (tertiary/aromatic N) is 1. The maximum absolute atomic E-state index is 12.1. The molecule has 0 fully saturated rings. The fourth-order valence-electron chi connectivity index (χ4n) is 1.12. The lowest BCUT2D eigenvalue weighted by Gasteiger charge is -2.15. The first-order valence-corrected chi connectivity index (χ1v) is 4.26. The third kappa shape index (κ3) is 2.82. The number of nitrogens with two attached hydrogens (primary N) is 1. The van der Waals surface area contributed by atoms with Gasteiger partial charge in [0.05, 0.1) is 5.69 Å². The molecule has 0 aliphatic rings. The van der Waals surface area contributed by atoms with Crippen LogP contribution in [0, 0.1) is 13.8 Å². The molecule has 0 spiro atoms. The zero-order valence-corrected chi connectivity index (χ0v) is 8.35. The van der Waals surface area contributed by atoms with E-state index in [0.717, 1.165) is 0 Å². The molecule has 0 saturated heterocycles. The highest BCUT2D eigenvalue weighted by Crippen LogP contribution is 2.29. The number of rotatable bonds is 2. The molecule has 0 amide bonds. The molecule has 1 heterocycles. The Labute approximate surface area is 85.1 Å². The van der Waals surface area contributed by atoms with E-state index in [4.69, 9.17) is 5.73 Å². The topological polar surface area (TPSA) is 48.1 Å². The minimum Gasteiger partial charge on any atom is -0.403 e. The van der Waals surface area contributed by atoms with Gasteiger partial charge in [-0.15, -0.1) is 13.2 Å². The third-order valence-electron chi connectivity index (χ3n) is 2.02. The number of hydrogen-bond donors (Lipinski definition) is 1. The summed E-state index contributed by atoms with van der Waals surface area (Å²) < 4.78 is 40.1. The van der Waals surface area contributed by atoms with Crippen LogP contribution in [0.4, 0.5) is 13.2 Å². The quantitative estimate of drug-likeness (QED) is 0.829. The Morgan fingerprint density at radius 2 is 2.00 bits per heavy atom. The SMILES string of the molecule is Cc1cnc(CN)c(OC(F)(F)F)c1C. The number of hydrogen-bond acceptors (Lipinski definition) is 3. The molecule has 0 aliphatic carbocycles. The zero-order valence-electron chi connectivity index (χ0n) is 8.35. The van der Waals surface area contributed by atoms with Gasteiger partial charge in [0, 0.05) is 12.7 Å². The second-order valence-electron chi connectivity index (χ2n) is 3.09. The Hall–Kier alpha value is -1.30. The lowest BCUT2D eigenvalue weighted by Crippen LogP contribution is -2.20. The van der Waals surface area contributed by atoms with E-state index >= 15 is 0 Å². The summed E-state index contributed by atoms with van der Waals surface area (Å²) in [5.41, 5.74) is 6.42. The average molecular weight is 220 g/mol. The smallest absolute Gasteiger partial charge is 0.403 e. The first kappa shape index (κ1) is 11.8. The first-order chi connectivity index (χ1) is 6.85. The first-order valence-electron chi connectivity index (χ1n) is 4.26. The van der Waals surface area contributed by atoms with Gasteiger partial charge in [-0.05, 0) is 25.0 Å². The van der Waals surface area contributed by atoms with Crippen molar-refractivity contribution in [3.8, 4) is 5.75 Å². The summed E-state index contributed by atoms with van der Waals surface area (Å²) in [4.78, 5) is 3.79. The number of pyridine rings is 1. The van der Waals surface area contributed by atoms with Crippen LogP contribution in [0.5, 0.6) is 5.75 Å². The molecule has 3 nitrogen and oxygen atoms in total. The lowest BCUT2D eigenvalue weighted by atomic mass is 10.1. The van der Waals surface area contributed by atoms with Crippen LogP contribution in [0.15, 0.2) is 6.20 Å². The van der Waals surface area contributed by atoms with E-state index in [-0.39, 0.29) is 18.0 Å². The molecule has 0 aromatic carbocycles. The Morgan fingerprint density at radius 3 is 2.47 bits per heavy atom. The molecule has 6 heteroatoms. The number of aryl methyl sites for hydroxylation is 1. The lowest BCUT2D eigenvalue weighted by molar-refractivity contribution is -0.275. The van der Waals surface area contributed by atoms with Crippen LogP contribution in [-0.4, -0.2) is 11.3 Å². The molecule has 15 heavy (non-hydrogen) atoms. The van der Waals surface area contributed by atoms with Gasteiger partial charge in [-0.25, -0.2) is 0 Å². The molecule has 0 aliphatic heterocycles. The van der Waals surface area contributed by atoms with Crippen molar-refractivity contribution in [2.45, 2.75) is 26.8 Å². The van der Waals surface area contributed by atoms with Gasteiger partial charge in [-0.1, -0.05) is 0 Å². The summed E-state index contributed by atoms with van der Waals surface area (Å²) in [6.07, 6.45) is -3.25. The minimum absolute atomic E-state index is 0.0907. The van der Waals surface area contributed by atoms with E-state index in [2.05, 4.69) is 9.72 Å². The summed E-state index contributed by atoms with van der Waals surface area (Å²) in [5, 5.41) is 0. The van der Waals surface area contributed by atoms with Crippen molar-refractivity contribution in [1.82, 2.24) is 4.98 Å². The van der Waals surface area contributed by atoms with E-state index in [1.807, 2.05) is 0 Å². The monoisotopic (exact) mass is 220 g/mol. The van der Waals surface area contributed by atoms with Crippen LogP contribution in [0.1, 0.15) is 16.8 Å². The van der Waals surface area contributed by atoms with Crippen LogP contribution < -0.4 is 10.5 Å². The van der Waals surface area contributed by atoms with Crippen molar-refractivity contribution < 1.29 is 17.9 Å². The Balaban J connectivity index is 3.18. The standard InChI is InChI=1S/C9H11F3N2O/c1-5-4-14-7(3-13)8(6(5)2)15-9(10,11)12/h4H,3,13H2,1-2H3. The zero-order chi connectivity index (χ0) is 11.6. The van der Waals surface area contributed by atoms with Gasteiger partial charge < -0.3 is 10.5 Å². The summed E-state index contributed by atoms with van der Waals surface area (Å²) in [5.74, 6) is -0.287. The van der Waals surface area contributed by atoms with Crippen LogP contribution in [-0.2, 0) is 6.54 Å². The maximum Gasteiger partial charge on any atom is 0.573 e. The van der Waals surface area contributed by atoms with Crippen LogP contribution in [0.3, 0.4) is 0 Å². The van der Waals surface area contributed by atoms with Crippen molar-refractivity contribution in [2.75, 3.05) is 0 Å². The largest absolute Gasteiger partial charge is 0.573 e. The fraction of sp³-hybridized carbons (Fsp3) is 0.444. The van der Waals surface area contributed by atoms with Crippen LogP contribution >= 0.6 is 0 Å². The Bertz CT molecular complexity index is 363. The van der Waals surface area contributed by atoms with Crippen molar-refractivity contribution in [3.63, 3.8) is 0 Å². The van der Waals surface area contributed by atoms with Crippen LogP contribution in [0.2, 0.25) is 0 Å². The highest BCUT2D eigenvalue weighted by Gasteiger charge is 2.33. The van der Waals surface area contributed by atoms with Crippen LogP contribution in [0.25, 0.3) is 0 Å². The van der Waals surface area contributed by atoms with E-state index in [1.165, 1.54) is 13.1 Å². The second-order valence-corrected chi connectivity index (χ2v) is 3.09. The molecular formula is C9H11F3N2O. The number of ether oxygens (including phenoxy) is 1. The van der Waals surface area contributed by atoms with E-state index in [0.29, 0.717) is 11.1 Å². The maximum atomic E-state index is 12.1.